The first-order valence-electron chi connectivity index (χ1n) is 16.6. The van der Waals surface area contributed by atoms with Gasteiger partial charge in [0.25, 0.3) is 0 Å². The normalized spacial score (nSPS) is 45.9. The summed E-state index contributed by atoms with van der Waals surface area (Å²) in [5.41, 5.74) is -0.477. The lowest BCUT2D eigenvalue weighted by molar-refractivity contribution is -0.250. The molecular formula is C36H56O6. The smallest absolute Gasteiger partial charge is 0.309 e. The average molecular weight is 585 g/mol. The Bertz CT molecular complexity index is 1170. The van der Waals surface area contributed by atoms with Crippen LogP contribution in [0.2, 0.25) is 0 Å². The molecule has 1 unspecified atom stereocenters. The Hall–Kier alpha value is -1.85. The van der Waals surface area contributed by atoms with Crippen molar-refractivity contribution in [2.75, 3.05) is 0 Å². The van der Waals surface area contributed by atoms with Crippen LogP contribution in [0.3, 0.4) is 0 Å². The van der Waals surface area contributed by atoms with E-state index in [1.807, 2.05) is 0 Å². The molecule has 0 aromatic rings. The van der Waals surface area contributed by atoms with Crippen LogP contribution in [0.5, 0.6) is 0 Å². The van der Waals surface area contributed by atoms with Gasteiger partial charge in [0.2, 0.25) is 0 Å². The monoisotopic (exact) mass is 584 g/mol. The van der Waals surface area contributed by atoms with Crippen molar-refractivity contribution in [2.45, 2.75) is 132 Å². The fraction of sp³-hybridized carbons (Fsp3) is 0.861. The summed E-state index contributed by atoms with van der Waals surface area (Å²) in [4.78, 5) is 37.5. The second kappa shape index (κ2) is 9.83. The molecule has 0 aliphatic heterocycles. The summed E-state index contributed by atoms with van der Waals surface area (Å²) in [6.07, 6.45) is 9.38. The fourth-order valence-electron chi connectivity index (χ4n) is 12.3. The minimum Gasteiger partial charge on any atom is -0.481 e. The molecule has 42 heavy (non-hydrogen) atoms. The Kier molecular flexibility index (Phi) is 7.39. The topological polar surface area (TPSA) is 101 Å². The third-order valence-electron chi connectivity index (χ3n) is 14.9. The zero-order valence-corrected chi connectivity index (χ0v) is 27.5. The lowest BCUT2D eigenvalue weighted by Gasteiger charge is -2.72. The number of carbonyl (C=O) groups excluding carboxylic acids is 1. The van der Waals surface area contributed by atoms with Gasteiger partial charge >= 0.3 is 17.9 Å². The van der Waals surface area contributed by atoms with Gasteiger partial charge in [-0.2, -0.15) is 0 Å². The summed E-state index contributed by atoms with van der Waals surface area (Å²) >= 11 is 0. The molecule has 5 aliphatic rings. The lowest BCUT2D eigenvalue weighted by atomic mass is 9.32. The SMILES string of the molecule is C=C(C)C1CC[C@]2(C(=O)O)CC[C@]3(C)[C@H](CC[C@@H]4[C@@]5(C)CC[C@H](OC(=O)CC(C)(C)C(=O)O)C(C)(C)[C@@H]5CC[C@]43C)[C@@H]12. The maximum Gasteiger partial charge on any atom is 0.309 e. The van der Waals surface area contributed by atoms with Gasteiger partial charge < -0.3 is 14.9 Å². The van der Waals surface area contributed by atoms with E-state index in [4.69, 9.17) is 4.74 Å². The van der Waals surface area contributed by atoms with E-state index in [0.717, 1.165) is 69.8 Å². The number of fused-ring (bicyclic) bond motifs is 7. The van der Waals surface area contributed by atoms with E-state index in [2.05, 4.69) is 48.1 Å². The maximum atomic E-state index is 12.9. The highest BCUT2D eigenvalue weighted by Gasteiger charge is 2.72. The lowest BCUT2D eigenvalue weighted by Crippen LogP contribution is -2.67. The van der Waals surface area contributed by atoms with Gasteiger partial charge in [0, 0.05) is 5.41 Å². The van der Waals surface area contributed by atoms with Crippen molar-refractivity contribution in [3.8, 4) is 0 Å². The Morgan fingerprint density at radius 3 is 2.10 bits per heavy atom. The van der Waals surface area contributed by atoms with E-state index in [9.17, 15) is 24.6 Å². The standard InChI is InChI=1S/C36H56O6/c1-21(2)22-12-17-36(30(40)41)19-18-34(8)23(28(22)36)10-11-25-33(7)15-14-26(42-27(37)20-31(3,4)29(38)39)32(5,6)24(33)13-16-35(25,34)9/h22-26,28H,1,10-20H2,2-9H3,(H,38,39)(H,40,41)/t22?,23-,24+,25-,26+,28-,33+,34-,35-,36+/m1/s1. The van der Waals surface area contributed by atoms with Crippen LogP contribution in [-0.4, -0.2) is 34.2 Å². The van der Waals surface area contributed by atoms with Crippen molar-refractivity contribution >= 4 is 17.9 Å². The molecule has 236 valence electrons. The molecular weight excluding hydrogens is 528 g/mol. The Balaban J connectivity index is 1.42. The van der Waals surface area contributed by atoms with Crippen LogP contribution in [0.25, 0.3) is 0 Å². The van der Waals surface area contributed by atoms with Gasteiger partial charge in [0.1, 0.15) is 6.10 Å². The van der Waals surface area contributed by atoms with E-state index in [1.54, 1.807) is 13.8 Å². The summed E-state index contributed by atoms with van der Waals surface area (Å²) in [7, 11) is 0. The molecule has 0 amide bonds. The van der Waals surface area contributed by atoms with Gasteiger partial charge in [-0.15, -0.1) is 0 Å². The molecule has 0 heterocycles. The van der Waals surface area contributed by atoms with Crippen molar-refractivity contribution in [2.24, 2.45) is 62.1 Å². The first-order chi connectivity index (χ1) is 19.3. The van der Waals surface area contributed by atoms with E-state index >= 15 is 0 Å². The molecule has 0 saturated heterocycles. The number of aliphatic carboxylic acids is 2. The number of ether oxygens (including phenoxy) is 1. The van der Waals surface area contributed by atoms with Crippen LogP contribution in [0.4, 0.5) is 0 Å². The van der Waals surface area contributed by atoms with Crippen molar-refractivity contribution in [3.05, 3.63) is 12.2 Å². The fourth-order valence-corrected chi connectivity index (χ4v) is 12.3. The van der Waals surface area contributed by atoms with Crippen molar-refractivity contribution in [3.63, 3.8) is 0 Å². The van der Waals surface area contributed by atoms with Gasteiger partial charge in [-0.3, -0.25) is 14.4 Å². The molecule has 0 bridgehead atoms. The van der Waals surface area contributed by atoms with Crippen LogP contribution >= 0.6 is 0 Å². The van der Waals surface area contributed by atoms with Gasteiger partial charge in [0.05, 0.1) is 17.3 Å². The minimum atomic E-state index is -1.15. The minimum absolute atomic E-state index is 0.0847. The highest BCUT2D eigenvalue weighted by Crippen LogP contribution is 2.77. The molecule has 5 saturated carbocycles. The molecule has 0 aromatic carbocycles. The van der Waals surface area contributed by atoms with Crippen LogP contribution < -0.4 is 0 Å². The summed E-state index contributed by atoms with van der Waals surface area (Å²) in [6, 6.07) is 0. The number of carboxylic acids is 2. The number of hydrogen-bond donors (Lipinski definition) is 2. The second-order valence-electron chi connectivity index (χ2n) is 17.4. The van der Waals surface area contributed by atoms with E-state index in [0.29, 0.717) is 23.7 Å². The van der Waals surface area contributed by atoms with E-state index in [-0.39, 0.29) is 40.1 Å². The first-order valence-corrected chi connectivity index (χ1v) is 16.6. The molecule has 5 rings (SSSR count). The number of rotatable bonds is 6. The molecule has 10 atom stereocenters. The van der Waals surface area contributed by atoms with Crippen molar-refractivity contribution < 1.29 is 29.3 Å². The third kappa shape index (κ3) is 4.19. The third-order valence-corrected chi connectivity index (χ3v) is 14.9. The molecule has 6 heteroatoms. The van der Waals surface area contributed by atoms with Crippen LogP contribution in [0, 0.1) is 62.1 Å². The maximum absolute atomic E-state index is 12.9. The molecule has 5 fully saturated rings. The van der Waals surface area contributed by atoms with Gasteiger partial charge in [0.15, 0.2) is 0 Å². The number of esters is 1. The van der Waals surface area contributed by atoms with Crippen LogP contribution in [0.1, 0.15) is 126 Å². The average Bonchev–Trinajstić information content (AvgIpc) is 3.27. The first kappa shape index (κ1) is 31.6. The predicted molar refractivity (Wildman–Crippen MR) is 163 cm³/mol. The molecule has 0 radical (unpaired) electrons. The van der Waals surface area contributed by atoms with E-state index < -0.39 is 28.7 Å². The second-order valence-corrected chi connectivity index (χ2v) is 17.4. The van der Waals surface area contributed by atoms with Crippen LogP contribution in [-0.2, 0) is 19.1 Å². The highest BCUT2D eigenvalue weighted by atomic mass is 16.5. The quantitative estimate of drug-likeness (QED) is 0.241. The summed E-state index contributed by atoms with van der Waals surface area (Å²) in [6.45, 7) is 21.7. The molecule has 5 aliphatic carbocycles. The van der Waals surface area contributed by atoms with Gasteiger partial charge in [-0.25, -0.2) is 0 Å². The number of carbonyl (C=O) groups is 3. The molecule has 6 nitrogen and oxygen atoms in total. The molecule has 0 aromatic heterocycles. The molecule has 2 N–H and O–H groups in total. The predicted octanol–water partition coefficient (Wildman–Crippen LogP) is 8.14. The largest absolute Gasteiger partial charge is 0.481 e. The van der Waals surface area contributed by atoms with Crippen molar-refractivity contribution in [1.29, 1.82) is 0 Å². The number of hydrogen-bond acceptors (Lipinski definition) is 4. The Morgan fingerprint density at radius 1 is 0.833 bits per heavy atom. The number of carboxylic acid groups (broad SMARTS) is 2. The van der Waals surface area contributed by atoms with E-state index in [1.165, 1.54) is 0 Å². The van der Waals surface area contributed by atoms with Crippen molar-refractivity contribution in [1.82, 2.24) is 0 Å². The zero-order valence-electron chi connectivity index (χ0n) is 27.5. The number of allylic oxidation sites excluding steroid dienone is 1. The summed E-state index contributed by atoms with van der Waals surface area (Å²) < 4.78 is 6.10. The summed E-state index contributed by atoms with van der Waals surface area (Å²) in [5.74, 6) is -0.165. The zero-order chi connectivity index (χ0) is 31.3. The molecule has 0 spiro atoms. The van der Waals surface area contributed by atoms with Gasteiger partial charge in [-0.1, -0.05) is 46.8 Å². The highest BCUT2D eigenvalue weighted by molar-refractivity contribution is 5.81. The van der Waals surface area contributed by atoms with Gasteiger partial charge in [-0.05, 0) is 131 Å². The Labute approximate surface area is 253 Å². The Morgan fingerprint density at radius 2 is 1.50 bits per heavy atom. The van der Waals surface area contributed by atoms with Crippen LogP contribution in [0.15, 0.2) is 12.2 Å². The summed E-state index contributed by atoms with van der Waals surface area (Å²) in [5, 5.41) is 20.1.